The van der Waals surface area contributed by atoms with Gasteiger partial charge in [-0.15, -0.1) is 0 Å². The Bertz CT molecular complexity index is 915. The van der Waals surface area contributed by atoms with Crippen LogP contribution >= 0.6 is 33.0 Å². The van der Waals surface area contributed by atoms with E-state index in [1.807, 2.05) is 0 Å². The summed E-state index contributed by atoms with van der Waals surface area (Å²) in [4.78, 5) is 20.4. The smallest absolute Gasteiger partial charge is 0.317 e. The van der Waals surface area contributed by atoms with Gasteiger partial charge in [-0.2, -0.15) is 8.42 Å². The summed E-state index contributed by atoms with van der Waals surface area (Å²) in [6, 6.07) is 6.38. The minimum Gasteiger partial charge on any atom is -0.497 e. The predicted octanol–water partition coefficient (Wildman–Crippen LogP) is 4.66. The van der Waals surface area contributed by atoms with Crippen LogP contribution in [0.1, 0.15) is 20.7 Å². The molecule has 0 N–H and O–H groups in total. The lowest BCUT2D eigenvalue weighted by Gasteiger charge is -2.03. The number of methoxy groups -OCH3 is 2. The van der Waals surface area contributed by atoms with Crippen LogP contribution in [0.4, 0.5) is 8.78 Å². The van der Waals surface area contributed by atoms with Crippen LogP contribution in [0, 0.1) is 11.6 Å². The third-order valence-corrected chi connectivity index (χ3v) is 3.03. The Morgan fingerprint density at radius 1 is 0.893 bits per heavy atom. The van der Waals surface area contributed by atoms with E-state index in [1.54, 1.807) is 0 Å². The summed E-state index contributed by atoms with van der Waals surface area (Å²) in [6.07, 6.45) is 0.870. The lowest BCUT2D eigenvalue weighted by Crippen LogP contribution is -1.91. The number of rotatable bonds is 4. The molecule has 2 aromatic carbocycles. The second-order valence-corrected chi connectivity index (χ2v) is 8.59. The summed E-state index contributed by atoms with van der Waals surface area (Å²) in [7, 11) is 7.63. The fourth-order valence-electron chi connectivity index (χ4n) is 1.52. The van der Waals surface area contributed by atoms with E-state index in [-0.39, 0.29) is 21.9 Å². The van der Waals surface area contributed by atoms with Crippen molar-refractivity contribution >= 4 is 53.8 Å². The van der Waals surface area contributed by atoms with Gasteiger partial charge in [-0.05, 0) is 18.2 Å². The predicted molar refractivity (Wildman–Crippen MR) is 102 cm³/mol. The van der Waals surface area contributed by atoms with Gasteiger partial charge in [0.1, 0.15) is 23.1 Å². The molecule has 12 heteroatoms. The molecule has 0 aromatic heterocycles. The summed E-state index contributed by atoms with van der Waals surface area (Å²) >= 11 is 5.63. The third kappa shape index (κ3) is 10.4. The first-order valence-electron chi connectivity index (χ1n) is 6.88. The molecule has 2 rings (SSSR count). The van der Waals surface area contributed by atoms with Crippen LogP contribution in [0.5, 0.6) is 11.5 Å². The van der Waals surface area contributed by atoms with Crippen LogP contribution in [-0.4, -0.2) is 35.2 Å². The second-order valence-electron chi connectivity index (χ2n) is 4.51. The summed E-state index contributed by atoms with van der Waals surface area (Å²) in [5.74, 6) is -0.557. The molecule has 0 aliphatic heterocycles. The molecule has 0 saturated heterocycles. The standard InChI is InChI=1S/C8H6ClFO2.C8H7FO2.Cl2O2S/c1-12-8-3-7(10)5(4-11)2-6(8)9;1-11-7-3-2-6(5-10)8(9)4-7;1-5(2,3)4/h2-4H,1H3;2-5H,1H3;. The van der Waals surface area contributed by atoms with E-state index in [4.69, 9.17) is 29.5 Å². The Kier molecular flexibility index (Phi) is 11.6. The minimum absolute atomic E-state index is 0.0470. The molecule has 0 aliphatic rings. The van der Waals surface area contributed by atoms with Gasteiger partial charge in [0.05, 0.1) is 30.4 Å². The molecule has 0 heterocycles. The highest BCUT2D eigenvalue weighted by Crippen LogP contribution is 2.26. The molecular formula is C16H13Cl3F2O6S. The molecule has 2 aromatic rings. The Morgan fingerprint density at radius 3 is 1.79 bits per heavy atom. The van der Waals surface area contributed by atoms with Crippen molar-refractivity contribution < 1.29 is 36.3 Å². The molecule has 0 bridgehead atoms. The topological polar surface area (TPSA) is 86.7 Å². The molecule has 0 spiro atoms. The highest BCUT2D eigenvalue weighted by atomic mass is 36.0. The van der Waals surface area contributed by atoms with Gasteiger partial charge in [-0.3, -0.25) is 9.59 Å². The maximum absolute atomic E-state index is 12.8. The number of carbonyl (C=O) groups excluding carboxylic acids is 2. The lowest BCUT2D eigenvalue weighted by molar-refractivity contribution is 0.111. The van der Waals surface area contributed by atoms with Crippen molar-refractivity contribution in [2.45, 2.75) is 0 Å². The van der Waals surface area contributed by atoms with Crippen LogP contribution in [-0.2, 0) is 8.26 Å². The zero-order chi connectivity index (χ0) is 21.9. The van der Waals surface area contributed by atoms with Crippen molar-refractivity contribution in [1.29, 1.82) is 0 Å². The highest BCUT2D eigenvalue weighted by molar-refractivity contribution is 8.31. The Labute approximate surface area is 173 Å². The molecule has 0 unspecified atom stereocenters. The van der Waals surface area contributed by atoms with Gasteiger partial charge in [0.2, 0.25) is 0 Å². The number of hydrogen-bond acceptors (Lipinski definition) is 6. The van der Waals surface area contributed by atoms with E-state index in [2.05, 4.69) is 21.4 Å². The maximum Gasteiger partial charge on any atom is 0.317 e. The Balaban J connectivity index is 0.000000424. The normalized spacial score (nSPS) is 9.82. The van der Waals surface area contributed by atoms with Crippen molar-refractivity contribution in [3.8, 4) is 11.5 Å². The van der Waals surface area contributed by atoms with Gasteiger partial charge < -0.3 is 9.47 Å². The van der Waals surface area contributed by atoms with E-state index >= 15 is 0 Å². The second kappa shape index (κ2) is 12.5. The SMILES string of the molecule is COc1cc(F)c(C=O)cc1Cl.COc1ccc(C=O)c(F)c1.O=S(=O)(Cl)Cl. The fraction of sp³-hybridized carbons (Fsp3) is 0.125. The van der Waals surface area contributed by atoms with Gasteiger partial charge in [-0.25, -0.2) is 8.78 Å². The van der Waals surface area contributed by atoms with Gasteiger partial charge in [0, 0.05) is 33.5 Å². The summed E-state index contributed by atoms with van der Waals surface area (Å²) in [6.45, 7) is 0. The first-order valence-corrected chi connectivity index (χ1v) is 10.4. The quantitative estimate of drug-likeness (QED) is 0.470. The maximum atomic E-state index is 12.8. The largest absolute Gasteiger partial charge is 0.497 e. The number of halogens is 5. The number of hydrogen-bond donors (Lipinski definition) is 0. The van der Waals surface area contributed by atoms with E-state index in [9.17, 15) is 18.4 Å². The number of aldehydes is 2. The monoisotopic (exact) mass is 476 g/mol. The first-order chi connectivity index (χ1) is 13.0. The molecule has 0 fully saturated rings. The van der Waals surface area contributed by atoms with E-state index in [0.717, 1.165) is 6.07 Å². The molecule has 154 valence electrons. The molecule has 0 atom stereocenters. The van der Waals surface area contributed by atoms with Crippen molar-refractivity contribution in [3.63, 3.8) is 0 Å². The average molecular weight is 478 g/mol. The Hall–Kier alpha value is -1.94. The average Bonchev–Trinajstić information content (AvgIpc) is 2.62. The molecular weight excluding hydrogens is 465 g/mol. The molecule has 28 heavy (non-hydrogen) atoms. The van der Waals surface area contributed by atoms with E-state index in [0.29, 0.717) is 18.3 Å². The molecule has 0 saturated carbocycles. The Morgan fingerprint density at radius 2 is 1.39 bits per heavy atom. The van der Waals surface area contributed by atoms with Gasteiger partial charge >= 0.3 is 8.26 Å². The minimum atomic E-state index is -3.72. The van der Waals surface area contributed by atoms with Crippen LogP contribution in [0.2, 0.25) is 5.02 Å². The fourth-order valence-corrected chi connectivity index (χ4v) is 1.77. The van der Waals surface area contributed by atoms with E-state index < -0.39 is 19.9 Å². The van der Waals surface area contributed by atoms with Crippen molar-refractivity contribution in [2.75, 3.05) is 14.2 Å². The number of benzene rings is 2. The van der Waals surface area contributed by atoms with Gasteiger partial charge in [0.25, 0.3) is 0 Å². The molecule has 0 amide bonds. The van der Waals surface area contributed by atoms with E-state index in [1.165, 1.54) is 38.5 Å². The summed E-state index contributed by atoms with van der Waals surface area (Å²) in [5.41, 5.74) is -0.0217. The summed E-state index contributed by atoms with van der Waals surface area (Å²) in [5, 5.41) is 0.223. The van der Waals surface area contributed by atoms with Gasteiger partial charge in [-0.1, -0.05) is 11.6 Å². The summed E-state index contributed by atoms with van der Waals surface area (Å²) < 4.78 is 53.4. The van der Waals surface area contributed by atoms with Crippen LogP contribution in [0.15, 0.2) is 30.3 Å². The van der Waals surface area contributed by atoms with Crippen LogP contribution in [0.25, 0.3) is 0 Å². The zero-order valence-electron chi connectivity index (χ0n) is 14.3. The van der Waals surface area contributed by atoms with Crippen LogP contribution < -0.4 is 9.47 Å². The van der Waals surface area contributed by atoms with Crippen molar-refractivity contribution in [3.05, 3.63) is 58.1 Å². The lowest BCUT2D eigenvalue weighted by atomic mass is 10.2. The first kappa shape index (κ1) is 26.1. The zero-order valence-corrected chi connectivity index (χ0v) is 17.4. The number of ether oxygens (including phenoxy) is 2. The molecule has 0 aliphatic carbocycles. The highest BCUT2D eigenvalue weighted by Gasteiger charge is 2.07. The molecule has 0 radical (unpaired) electrons. The molecule has 6 nitrogen and oxygen atoms in total. The van der Waals surface area contributed by atoms with Gasteiger partial charge in [0.15, 0.2) is 12.6 Å². The number of carbonyl (C=O) groups is 2. The van der Waals surface area contributed by atoms with Crippen molar-refractivity contribution in [2.24, 2.45) is 0 Å². The third-order valence-electron chi connectivity index (χ3n) is 2.73. The van der Waals surface area contributed by atoms with Crippen LogP contribution in [0.3, 0.4) is 0 Å². The van der Waals surface area contributed by atoms with Crippen molar-refractivity contribution in [1.82, 2.24) is 0 Å².